The first-order chi connectivity index (χ1) is 11.8. The Bertz CT molecular complexity index is 746. The van der Waals surface area contributed by atoms with E-state index in [0.29, 0.717) is 11.8 Å². The van der Waals surface area contributed by atoms with Gasteiger partial charge in [-0.1, -0.05) is 12.1 Å². The van der Waals surface area contributed by atoms with Crippen LogP contribution in [0, 0.1) is 0 Å². The number of ether oxygens (including phenoxy) is 4. The highest BCUT2D eigenvalue weighted by molar-refractivity contribution is 5.55. The fourth-order valence-electron chi connectivity index (χ4n) is 3.37. The molecule has 5 nitrogen and oxygen atoms in total. The van der Waals surface area contributed by atoms with Crippen LogP contribution in [0.3, 0.4) is 0 Å². The molecular formula is C19H21NO4. The van der Waals surface area contributed by atoms with Crippen LogP contribution in [0.5, 0.6) is 23.0 Å². The number of nitrogens with zero attached hydrogens (tertiary/aromatic N) is 1. The van der Waals surface area contributed by atoms with E-state index in [1.54, 1.807) is 14.2 Å². The first-order valence-corrected chi connectivity index (χ1v) is 8.13. The van der Waals surface area contributed by atoms with Gasteiger partial charge in [0, 0.05) is 19.1 Å². The molecule has 2 aromatic carbocycles. The molecule has 5 heteroatoms. The van der Waals surface area contributed by atoms with E-state index in [1.165, 1.54) is 11.1 Å². The summed E-state index contributed by atoms with van der Waals surface area (Å²) >= 11 is 0. The fourth-order valence-corrected chi connectivity index (χ4v) is 3.37. The molecule has 0 spiro atoms. The Labute approximate surface area is 141 Å². The summed E-state index contributed by atoms with van der Waals surface area (Å²) < 4.78 is 21.8. The largest absolute Gasteiger partial charge is 0.497 e. The number of fused-ring (bicyclic) bond motifs is 1. The molecular weight excluding hydrogens is 306 g/mol. The van der Waals surface area contributed by atoms with Crippen molar-refractivity contribution in [3.8, 4) is 23.0 Å². The van der Waals surface area contributed by atoms with Crippen molar-refractivity contribution < 1.29 is 18.9 Å². The van der Waals surface area contributed by atoms with Gasteiger partial charge in [0.25, 0.3) is 0 Å². The molecule has 4 rings (SSSR count). The van der Waals surface area contributed by atoms with Gasteiger partial charge in [-0.15, -0.1) is 0 Å². The molecule has 1 atom stereocenters. The second kappa shape index (κ2) is 6.24. The zero-order chi connectivity index (χ0) is 16.5. The minimum absolute atomic E-state index is 0.255. The number of benzene rings is 2. The summed E-state index contributed by atoms with van der Waals surface area (Å²) in [5.74, 6) is 3.11. The van der Waals surface area contributed by atoms with Gasteiger partial charge in [-0.3, -0.25) is 4.90 Å². The summed E-state index contributed by atoms with van der Waals surface area (Å²) in [6.45, 7) is 2.19. The van der Waals surface area contributed by atoms with Crippen LogP contribution in [0.25, 0.3) is 0 Å². The van der Waals surface area contributed by atoms with Gasteiger partial charge in [-0.05, 0) is 41.8 Å². The van der Waals surface area contributed by atoms with Crippen LogP contribution >= 0.6 is 0 Å². The molecule has 24 heavy (non-hydrogen) atoms. The van der Waals surface area contributed by atoms with Crippen LogP contribution in [-0.4, -0.2) is 32.5 Å². The lowest BCUT2D eigenvalue weighted by atomic mass is 9.93. The zero-order valence-corrected chi connectivity index (χ0v) is 14.0. The van der Waals surface area contributed by atoms with Crippen LogP contribution < -0.4 is 18.9 Å². The van der Waals surface area contributed by atoms with Crippen LogP contribution in [0.1, 0.15) is 23.6 Å². The lowest BCUT2D eigenvalue weighted by Gasteiger charge is -2.41. The van der Waals surface area contributed by atoms with Crippen molar-refractivity contribution in [2.24, 2.45) is 0 Å². The Morgan fingerprint density at radius 2 is 2.04 bits per heavy atom. The summed E-state index contributed by atoms with van der Waals surface area (Å²) in [5.41, 5.74) is 2.47. The summed E-state index contributed by atoms with van der Waals surface area (Å²) in [4.78, 5) is 2.45. The summed E-state index contributed by atoms with van der Waals surface area (Å²) in [5, 5.41) is 0. The maximum Gasteiger partial charge on any atom is 0.231 e. The van der Waals surface area contributed by atoms with Crippen molar-refractivity contribution in [3.05, 3.63) is 47.5 Å². The second-order valence-electron chi connectivity index (χ2n) is 6.08. The average Bonchev–Trinajstić information content (AvgIpc) is 3.06. The van der Waals surface area contributed by atoms with Crippen molar-refractivity contribution in [3.63, 3.8) is 0 Å². The predicted molar refractivity (Wildman–Crippen MR) is 89.9 cm³/mol. The topological polar surface area (TPSA) is 40.2 Å². The third kappa shape index (κ3) is 2.65. The molecule has 0 amide bonds. The Hall–Kier alpha value is -2.40. The molecule has 0 N–H and O–H groups in total. The van der Waals surface area contributed by atoms with Crippen LogP contribution in [0.2, 0.25) is 0 Å². The number of rotatable bonds is 5. The summed E-state index contributed by atoms with van der Waals surface area (Å²) in [6, 6.07) is 12.8. The van der Waals surface area contributed by atoms with Gasteiger partial charge in [-0.2, -0.15) is 0 Å². The van der Waals surface area contributed by atoms with E-state index in [-0.39, 0.29) is 6.79 Å². The lowest BCUT2D eigenvalue weighted by Crippen LogP contribution is -2.40. The molecule has 0 radical (unpaired) electrons. The average molecular weight is 327 g/mol. The van der Waals surface area contributed by atoms with E-state index >= 15 is 0 Å². The maximum atomic E-state index is 5.52. The van der Waals surface area contributed by atoms with E-state index in [1.807, 2.05) is 24.3 Å². The first-order valence-electron chi connectivity index (χ1n) is 8.13. The van der Waals surface area contributed by atoms with Crippen molar-refractivity contribution in [1.82, 2.24) is 4.90 Å². The molecule has 0 saturated carbocycles. The van der Waals surface area contributed by atoms with Crippen molar-refractivity contribution in [1.29, 1.82) is 0 Å². The molecule has 0 bridgehead atoms. The van der Waals surface area contributed by atoms with Crippen LogP contribution in [0.4, 0.5) is 0 Å². The van der Waals surface area contributed by atoms with E-state index in [9.17, 15) is 0 Å². The number of hydrogen-bond acceptors (Lipinski definition) is 5. The molecule has 2 aliphatic heterocycles. The Morgan fingerprint density at radius 3 is 2.79 bits per heavy atom. The van der Waals surface area contributed by atoms with Crippen molar-refractivity contribution in [2.45, 2.75) is 19.0 Å². The molecule has 1 unspecified atom stereocenters. The third-order valence-electron chi connectivity index (χ3n) is 4.71. The Morgan fingerprint density at radius 1 is 1.12 bits per heavy atom. The standard InChI is InChI=1S/C19H21NO4/c1-21-15-5-3-4-14(10-15)16-6-7-20(16)11-13-8-17(22-2)19-18(9-13)23-12-24-19/h3-5,8-10,16H,6-7,11-12H2,1-2H3. The van der Waals surface area contributed by atoms with Crippen LogP contribution in [-0.2, 0) is 6.54 Å². The van der Waals surface area contributed by atoms with E-state index in [2.05, 4.69) is 17.0 Å². The number of hydrogen-bond donors (Lipinski definition) is 0. The molecule has 2 heterocycles. The van der Waals surface area contributed by atoms with Gasteiger partial charge in [0.1, 0.15) is 5.75 Å². The van der Waals surface area contributed by atoms with Gasteiger partial charge in [0.2, 0.25) is 12.5 Å². The van der Waals surface area contributed by atoms with E-state index in [4.69, 9.17) is 18.9 Å². The van der Waals surface area contributed by atoms with Crippen LogP contribution in [0.15, 0.2) is 36.4 Å². The minimum Gasteiger partial charge on any atom is -0.497 e. The summed E-state index contributed by atoms with van der Waals surface area (Å²) in [7, 11) is 3.36. The quantitative estimate of drug-likeness (QED) is 0.842. The van der Waals surface area contributed by atoms with Gasteiger partial charge in [0.05, 0.1) is 14.2 Å². The normalized spacial score (nSPS) is 19.0. The highest BCUT2D eigenvalue weighted by Gasteiger charge is 2.30. The minimum atomic E-state index is 0.255. The number of methoxy groups -OCH3 is 2. The molecule has 0 aliphatic carbocycles. The smallest absolute Gasteiger partial charge is 0.231 e. The highest BCUT2D eigenvalue weighted by atomic mass is 16.7. The monoisotopic (exact) mass is 327 g/mol. The molecule has 0 aromatic heterocycles. The highest BCUT2D eigenvalue weighted by Crippen LogP contribution is 2.43. The van der Waals surface area contributed by atoms with Gasteiger partial charge in [0.15, 0.2) is 11.5 Å². The third-order valence-corrected chi connectivity index (χ3v) is 4.71. The van der Waals surface area contributed by atoms with E-state index in [0.717, 1.165) is 36.8 Å². The molecule has 126 valence electrons. The lowest BCUT2D eigenvalue weighted by molar-refractivity contribution is 0.0816. The zero-order valence-electron chi connectivity index (χ0n) is 14.0. The molecule has 1 fully saturated rings. The predicted octanol–water partition coefficient (Wildman–Crippen LogP) is 3.38. The van der Waals surface area contributed by atoms with Crippen molar-refractivity contribution in [2.75, 3.05) is 27.6 Å². The van der Waals surface area contributed by atoms with E-state index < -0.39 is 0 Å². The molecule has 2 aliphatic rings. The first kappa shape index (κ1) is 15.1. The number of likely N-dealkylation sites (tertiary alicyclic amines) is 1. The van der Waals surface area contributed by atoms with Gasteiger partial charge >= 0.3 is 0 Å². The SMILES string of the molecule is COc1cccc(C2CCN2Cc2cc(OC)c3c(c2)OCO3)c1. The van der Waals surface area contributed by atoms with Crippen molar-refractivity contribution >= 4 is 0 Å². The molecule has 1 saturated heterocycles. The summed E-state index contributed by atoms with van der Waals surface area (Å²) in [6.07, 6.45) is 1.16. The van der Waals surface area contributed by atoms with Gasteiger partial charge < -0.3 is 18.9 Å². The Balaban J connectivity index is 1.53. The fraction of sp³-hybridized carbons (Fsp3) is 0.368. The molecule has 2 aromatic rings. The maximum absolute atomic E-state index is 5.52. The Kier molecular flexibility index (Phi) is 3.94. The second-order valence-corrected chi connectivity index (χ2v) is 6.08. The van der Waals surface area contributed by atoms with Gasteiger partial charge in [-0.25, -0.2) is 0 Å².